The molecule has 2 aliphatic rings. The third-order valence-corrected chi connectivity index (χ3v) is 5.58. The molecule has 2 fully saturated rings. The van der Waals surface area contributed by atoms with Gasteiger partial charge in [0.15, 0.2) is 0 Å². The summed E-state index contributed by atoms with van der Waals surface area (Å²) < 4.78 is 57.1. The first-order valence-electron chi connectivity index (χ1n) is 8.66. The smallest absolute Gasteiger partial charge is 0.399 e. The van der Waals surface area contributed by atoms with Crippen LogP contribution < -0.4 is 5.46 Å². The first-order chi connectivity index (χ1) is 11.5. The second kappa shape index (κ2) is 6.29. The highest BCUT2D eigenvalue weighted by molar-refractivity contribution is 6.62. The summed E-state index contributed by atoms with van der Waals surface area (Å²) in [5, 5.41) is 0. The first kappa shape index (κ1) is 18.7. The van der Waals surface area contributed by atoms with Gasteiger partial charge < -0.3 is 14.0 Å². The summed E-state index contributed by atoms with van der Waals surface area (Å²) in [6.07, 6.45) is -2.96. The van der Waals surface area contributed by atoms with E-state index in [4.69, 9.17) is 14.0 Å². The van der Waals surface area contributed by atoms with Crippen LogP contribution in [0.3, 0.4) is 0 Å². The Kier molecular flexibility index (Phi) is 4.71. The van der Waals surface area contributed by atoms with Gasteiger partial charge in [0, 0.05) is 13.2 Å². The fourth-order valence-corrected chi connectivity index (χ4v) is 3.30. The lowest BCUT2D eigenvalue weighted by molar-refractivity contribution is -0.137. The maximum Gasteiger partial charge on any atom is 0.495 e. The monoisotopic (exact) mass is 356 g/mol. The highest BCUT2D eigenvalue weighted by Crippen LogP contribution is 2.39. The van der Waals surface area contributed by atoms with Crippen LogP contribution in [0.5, 0.6) is 0 Å². The fourth-order valence-electron chi connectivity index (χ4n) is 3.30. The molecule has 25 heavy (non-hydrogen) atoms. The first-order valence-corrected chi connectivity index (χ1v) is 8.66. The van der Waals surface area contributed by atoms with E-state index in [0.29, 0.717) is 37.1 Å². The summed E-state index contributed by atoms with van der Waals surface area (Å²) >= 11 is 0. The zero-order valence-corrected chi connectivity index (χ0v) is 15.1. The van der Waals surface area contributed by atoms with Gasteiger partial charge in [-0.15, -0.1) is 0 Å². The van der Waals surface area contributed by atoms with Crippen LogP contribution in [-0.4, -0.2) is 31.5 Å². The minimum absolute atomic E-state index is 0.0186. The van der Waals surface area contributed by atoms with Gasteiger partial charge in [0.05, 0.1) is 16.8 Å². The molecule has 0 saturated carbocycles. The van der Waals surface area contributed by atoms with E-state index in [2.05, 4.69) is 0 Å². The van der Waals surface area contributed by atoms with Crippen molar-refractivity contribution in [2.45, 2.75) is 63.8 Å². The zero-order valence-electron chi connectivity index (χ0n) is 15.1. The lowest BCUT2D eigenvalue weighted by Gasteiger charge is -2.32. The van der Waals surface area contributed by atoms with Crippen LogP contribution in [0, 0.1) is 0 Å². The van der Waals surface area contributed by atoms with Gasteiger partial charge in [-0.25, -0.2) is 0 Å². The Balaban J connectivity index is 2.01. The van der Waals surface area contributed by atoms with Crippen molar-refractivity contribution in [3.8, 4) is 0 Å². The van der Waals surface area contributed by atoms with Crippen LogP contribution >= 0.6 is 0 Å². The molecule has 2 aliphatic heterocycles. The van der Waals surface area contributed by atoms with E-state index in [9.17, 15) is 13.2 Å². The predicted molar refractivity (Wildman–Crippen MR) is 90.0 cm³/mol. The molecule has 0 amide bonds. The van der Waals surface area contributed by atoms with Gasteiger partial charge in [0.1, 0.15) is 0 Å². The van der Waals surface area contributed by atoms with Crippen LogP contribution in [0.25, 0.3) is 0 Å². The molecule has 0 radical (unpaired) electrons. The van der Waals surface area contributed by atoms with E-state index in [1.165, 1.54) is 12.1 Å². The van der Waals surface area contributed by atoms with Crippen molar-refractivity contribution < 1.29 is 27.2 Å². The molecule has 0 aromatic heterocycles. The third-order valence-electron chi connectivity index (χ3n) is 5.58. The highest BCUT2D eigenvalue weighted by atomic mass is 19.4. The van der Waals surface area contributed by atoms with Gasteiger partial charge >= 0.3 is 13.3 Å². The number of alkyl halides is 3. The quantitative estimate of drug-likeness (QED) is 0.753. The molecule has 3 nitrogen and oxygen atoms in total. The molecular weight excluding hydrogens is 332 g/mol. The molecule has 2 saturated heterocycles. The topological polar surface area (TPSA) is 27.7 Å². The minimum atomic E-state index is -4.37. The van der Waals surface area contributed by atoms with Gasteiger partial charge in [0.25, 0.3) is 0 Å². The summed E-state index contributed by atoms with van der Waals surface area (Å²) in [6.45, 7) is 8.86. The van der Waals surface area contributed by atoms with Gasteiger partial charge in [0.2, 0.25) is 0 Å². The van der Waals surface area contributed by atoms with E-state index in [0.717, 1.165) is 6.07 Å². The fraction of sp³-hybridized carbons (Fsp3) is 0.667. The third kappa shape index (κ3) is 3.59. The molecule has 1 aromatic carbocycles. The van der Waals surface area contributed by atoms with Crippen molar-refractivity contribution in [3.63, 3.8) is 0 Å². The average Bonchev–Trinajstić information content (AvgIpc) is 2.75. The molecule has 0 spiro atoms. The Labute approximate surface area is 147 Å². The molecular formula is C18H24BF3O3. The highest BCUT2D eigenvalue weighted by Gasteiger charge is 2.52. The molecule has 138 valence electrons. The Morgan fingerprint density at radius 3 is 2.08 bits per heavy atom. The molecule has 3 rings (SSSR count). The van der Waals surface area contributed by atoms with Gasteiger partial charge in [-0.2, -0.15) is 13.2 Å². The van der Waals surface area contributed by atoms with Gasteiger partial charge in [-0.1, -0.05) is 12.1 Å². The van der Waals surface area contributed by atoms with E-state index >= 15 is 0 Å². The second-order valence-electron chi connectivity index (χ2n) is 7.82. The second-order valence-corrected chi connectivity index (χ2v) is 7.82. The predicted octanol–water partition coefficient (Wildman–Crippen LogP) is 3.90. The van der Waals surface area contributed by atoms with Gasteiger partial charge in [-0.05, 0) is 63.5 Å². The summed E-state index contributed by atoms with van der Waals surface area (Å²) in [5.74, 6) is 0.0186. The summed E-state index contributed by atoms with van der Waals surface area (Å²) in [5.41, 5.74) is -0.342. The van der Waals surface area contributed by atoms with Crippen molar-refractivity contribution in [3.05, 3.63) is 29.3 Å². The number of ether oxygens (including phenoxy) is 1. The zero-order chi connectivity index (χ0) is 18.5. The Morgan fingerprint density at radius 1 is 1.00 bits per heavy atom. The van der Waals surface area contributed by atoms with Gasteiger partial charge in [-0.3, -0.25) is 0 Å². The van der Waals surface area contributed by atoms with Crippen molar-refractivity contribution in [2.75, 3.05) is 13.2 Å². The normalized spacial score (nSPS) is 23.9. The van der Waals surface area contributed by atoms with Crippen molar-refractivity contribution >= 4 is 12.6 Å². The molecule has 1 aromatic rings. The number of halogens is 3. The summed E-state index contributed by atoms with van der Waals surface area (Å²) in [7, 11) is -0.662. The molecule has 7 heteroatoms. The lowest BCUT2D eigenvalue weighted by atomic mass is 9.71. The number of rotatable bonds is 2. The molecule has 0 unspecified atom stereocenters. The van der Waals surface area contributed by atoms with Crippen LogP contribution in [0.4, 0.5) is 13.2 Å². The molecule has 0 atom stereocenters. The Bertz CT molecular complexity index is 621. The van der Waals surface area contributed by atoms with E-state index in [1.807, 2.05) is 27.7 Å². The van der Waals surface area contributed by atoms with E-state index in [1.54, 1.807) is 0 Å². The molecule has 0 aliphatic carbocycles. The average molecular weight is 356 g/mol. The van der Waals surface area contributed by atoms with Crippen molar-refractivity contribution in [1.82, 2.24) is 0 Å². The maximum atomic E-state index is 13.2. The molecule has 0 N–H and O–H groups in total. The van der Waals surface area contributed by atoms with Crippen LogP contribution in [0.15, 0.2) is 18.2 Å². The molecule has 0 bridgehead atoms. The Morgan fingerprint density at radius 2 is 1.56 bits per heavy atom. The van der Waals surface area contributed by atoms with Crippen LogP contribution in [0.2, 0.25) is 0 Å². The standard InChI is InChI=1S/C18H24BF3O3/c1-16(2)17(3,4)25-19(24-16)15-6-5-13(18(20,21)22)11-14(15)12-7-9-23-10-8-12/h5-6,11-12H,7-10H2,1-4H3. The number of hydrogen-bond acceptors (Lipinski definition) is 3. The Hall–Kier alpha value is -1.05. The van der Waals surface area contributed by atoms with Crippen LogP contribution in [-0.2, 0) is 20.2 Å². The minimum Gasteiger partial charge on any atom is -0.399 e. The largest absolute Gasteiger partial charge is 0.495 e. The van der Waals surface area contributed by atoms with Crippen molar-refractivity contribution in [2.24, 2.45) is 0 Å². The maximum absolute atomic E-state index is 13.2. The van der Waals surface area contributed by atoms with E-state index in [-0.39, 0.29) is 5.92 Å². The SMILES string of the molecule is CC1(C)OB(c2ccc(C(F)(F)F)cc2C2CCOCC2)OC1(C)C. The lowest BCUT2D eigenvalue weighted by Crippen LogP contribution is -2.41. The molecule has 2 heterocycles. The number of benzene rings is 1. The summed E-state index contributed by atoms with van der Waals surface area (Å²) in [4.78, 5) is 0. The van der Waals surface area contributed by atoms with Crippen LogP contribution in [0.1, 0.15) is 57.6 Å². The number of hydrogen-bond donors (Lipinski definition) is 0. The van der Waals surface area contributed by atoms with Crippen molar-refractivity contribution in [1.29, 1.82) is 0 Å². The van der Waals surface area contributed by atoms with E-state index < -0.39 is 30.1 Å². The summed E-state index contributed by atoms with van der Waals surface area (Å²) in [6, 6.07) is 3.88.